The number of carbonyl (C=O) groups excluding carboxylic acids is 3. The Morgan fingerprint density at radius 1 is 0.458 bits per heavy atom. The maximum absolute atomic E-state index is 17.2. The van der Waals surface area contributed by atoms with Crippen LogP contribution in [0.1, 0.15) is 126 Å². The van der Waals surface area contributed by atoms with Crippen molar-refractivity contribution in [1.29, 1.82) is 0 Å². The molecule has 678 valence electrons. The van der Waals surface area contributed by atoms with Crippen molar-refractivity contribution in [1.82, 2.24) is 48.3 Å². The van der Waals surface area contributed by atoms with Crippen molar-refractivity contribution < 1.29 is 56.7 Å². The Morgan fingerprint density at radius 2 is 0.840 bits per heavy atom. The molecule has 6 aliphatic rings. The molecule has 0 spiro atoms. The van der Waals surface area contributed by atoms with Crippen LogP contribution in [0.5, 0.6) is 28.7 Å². The molecule has 0 bridgehead atoms. The number of nitrogens with zero attached hydrogens (tertiary/aromatic N) is 13. The third-order valence-electron chi connectivity index (χ3n) is 25.5. The minimum atomic E-state index is -1.07. The number of halogens is 8. The monoisotopic (exact) mass is 1860 g/mol. The van der Waals surface area contributed by atoms with Gasteiger partial charge in [0.15, 0.2) is 17.3 Å². The number of piperazine rings is 3. The van der Waals surface area contributed by atoms with Gasteiger partial charge in [0.25, 0.3) is 11.1 Å². The Bertz CT molecular complexity index is 6960. The number of fused-ring (bicyclic) bond motifs is 15. The van der Waals surface area contributed by atoms with Gasteiger partial charge in [0.2, 0.25) is 29.2 Å². The van der Waals surface area contributed by atoms with Gasteiger partial charge in [-0.1, -0.05) is 126 Å². The second kappa shape index (κ2) is 35.8. The van der Waals surface area contributed by atoms with Gasteiger partial charge in [-0.05, 0) is 167 Å². The molecule has 0 aliphatic carbocycles. The number of rotatable bonds is 12. The highest BCUT2D eigenvalue weighted by molar-refractivity contribution is 6.37. The molecule has 3 amide bonds. The Morgan fingerprint density at radius 3 is 1.28 bits per heavy atom. The van der Waals surface area contributed by atoms with Crippen molar-refractivity contribution in [2.75, 3.05) is 67.2 Å². The molecule has 32 heteroatoms. The maximum atomic E-state index is 17.2. The lowest BCUT2D eigenvalue weighted by atomic mass is 9.97. The van der Waals surface area contributed by atoms with Gasteiger partial charge in [-0.25, -0.2) is 22.5 Å². The van der Waals surface area contributed by atoms with Gasteiger partial charge in [0, 0.05) is 122 Å². The number of pyridine rings is 7. The van der Waals surface area contributed by atoms with Crippen molar-refractivity contribution in [2.24, 2.45) is 0 Å². The maximum Gasteiger partial charge on any atom is 0.301 e. The third kappa shape index (κ3) is 15.6. The molecule has 6 atom stereocenters. The van der Waals surface area contributed by atoms with E-state index >= 15 is 17.6 Å². The van der Waals surface area contributed by atoms with E-state index in [1.165, 1.54) is 82.0 Å². The number of ether oxygens (including phenoxy) is 2. The number of amides is 3. The SMILES string of the molecule is C=CC(=O)N1CC2CCOc3c(c4cc(F)c(-c5c(O)cccc5Cl)c(F)c4n(-c4c(C)ccnc4C(C)C)c3=O)N2CC1C.C=CC(=O)N1CC2COc3c(c4cc(Cl)c(-c5c(O)cccc5Cl)nc4n(-c4c(C)ccnc4C(C)C)c3=O)N2CC1C.C=CC(=O)N1CC2Cc3c(c4cc(F)c(-c5c(O)cccc5Cl)c(F)c4n(-c4c(C)ccnc4C(C)C)c3=O)N2CC1C. The second-order valence-corrected chi connectivity index (χ2v) is 36.5. The zero-order valence-corrected chi connectivity index (χ0v) is 77.0. The number of aromatic nitrogens is 7. The summed E-state index contributed by atoms with van der Waals surface area (Å²) in [6.45, 7) is 36.4. The quantitative estimate of drug-likeness (QED) is 0.0758. The van der Waals surface area contributed by atoms with Crippen LogP contribution in [0.4, 0.5) is 34.6 Å². The molecule has 5 aromatic carbocycles. The Kier molecular flexibility index (Phi) is 25.0. The summed E-state index contributed by atoms with van der Waals surface area (Å²) in [7, 11) is 0. The summed E-state index contributed by atoms with van der Waals surface area (Å²) < 4.78 is 83.2. The number of phenolic OH excluding ortho intramolecular Hbond substituents is 3. The van der Waals surface area contributed by atoms with Gasteiger partial charge in [-0.15, -0.1) is 0 Å². The Labute approximate surface area is 772 Å². The Hall–Kier alpha value is -12.8. The van der Waals surface area contributed by atoms with Crippen molar-refractivity contribution >= 4 is 114 Å². The van der Waals surface area contributed by atoms with Crippen molar-refractivity contribution in [3.63, 3.8) is 0 Å². The molecule has 24 nitrogen and oxygen atoms in total. The lowest BCUT2D eigenvalue weighted by molar-refractivity contribution is -0.129. The van der Waals surface area contributed by atoms with Crippen molar-refractivity contribution in [3.05, 3.63) is 261 Å². The van der Waals surface area contributed by atoms with E-state index in [0.717, 1.165) is 11.3 Å². The van der Waals surface area contributed by atoms with Crippen molar-refractivity contribution in [3.8, 4) is 79.3 Å². The number of phenols is 3. The highest BCUT2D eigenvalue weighted by atomic mass is 35.5. The molecule has 7 aromatic heterocycles. The van der Waals surface area contributed by atoms with E-state index in [1.807, 2.05) is 92.0 Å². The standard InChI is InChI=1S/C34H33ClF2N4O4.C33H31ClF2N4O3.C32H31Cl2N5O4/c1-6-25(43)39-16-20-11-13-45-33-32(40(20)15-19(39)5)21-14-23(36)27(26-22(35)8-7-9-24(26)42)28(37)31(21)41(34(33)44)30-18(4)10-12-38-29(30)17(2)3;1-6-25(42)38-15-19-12-21-31(39(19)14-18(38)5)20-13-23(35)27(26-22(34)8-7-9-24(26)41)28(36)32(20)40(33(21)43)30-17(4)10-11-37-29(30)16(2)3;1-6-24(41)37-14-19-15-43-30-29(38(19)13-18(37)5)20-12-22(34)27(25-21(33)8-7-9-23(25)40)36-31(20)39(32(30)42)28-17(4)10-11-35-26(28)16(2)3/h6-10,12,14,17,19-20,42H,1,11,13,15-16H2,2-5H3;6-11,13,16,18-19,41H,1,12,14-15H2,2-5H3;6-12,16,18-19,40H,1,13-15H2,2-5H3. The first kappa shape index (κ1) is 91.5. The summed E-state index contributed by atoms with van der Waals surface area (Å²) in [6, 6.07) is 21.2. The molecule has 6 unspecified atom stereocenters. The van der Waals surface area contributed by atoms with Gasteiger partial charge >= 0.3 is 5.56 Å². The Balaban J connectivity index is 0.000000144. The van der Waals surface area contributed by atoms with E-state index < -0.39 is 57.0 Å². The molecular weight excluding hydrogens is 1760 g/mol. The average molecular weight is 1860 g/mol. The van der Waals surface area contributed by atoms with Gasteiger partial charge in [0.05, 0.1) is 129 Å². The first-order chi connectivity index (χ1) is 62.4. The van der Waals surface area contributed by atoms with Crippen LogP contribution in [-0.4, -0.2) is 170 Å². The fourth-order valence-electron chi connectivity index (χ4n) is 19.4. The number of aromatic hydroxyl groups is 3. The van der Waals surface area contributed by atoms with Crippen LogP contribution in [0.15, 0.2) is 162 Å². The van der Waals surface area contributed by atoms with Crippen LogP contribution in [0, 0.1) is 44.0 Å². The predicted octanol–water partition coefficient (Wildman–Crippen LogP) is 18.6. The van der Waals surface area contributed by atoms with Crippen LogP contribution in [0.2, 0.25) is 20.1 Å². The summed E-state index contributed by atoms with van der Waals surface area (Å²) in [5, 5.41) is 33.5. The van der Waals surface area contributed by atoms with Crippen LogP contribution in [-0.2, 0) is 20.8 Å². The molecule has 3 saturated heterocycles. The molecule has 6 aliphatic heterocycles. The molecule has 0 radical (unpaired) electrons. The van der Waals surface area contributed by atoms with Crippen LogP contribution in [0.3, 0.4) is 0 Å². The number of hydrogen-bond acceptors (Lipinski definition) is 18. The molecule has 131 heavy (non-hydrogen) atoms. The average Bonchev–Trinajstić information content (AvgIpc) is 1.66. The minimum absolute atomic E-state index is 0.00566. The van der Waals surface area contributed by atoms with E-state index in [0.29, 0.717) is 120 Å². The smallest absolute Gasteiger partial charge is 0.301 e. The number of hydrogen-bond donors (Lipinski definition) is 3. The minimum Gasteiger partial charge on any atom is -0.507 e. The van der Waals surface area contributed by atoms with Gasteiger partial charge < -0.3 is 54.2 Å². The fraction of sp³-hybridized carbons (Fsp3) is 0.313. The van der Waals surface area contributed by atoms with Crippen LogP contribution < -0.4 is 40.9 Å². The molecule has 13 heterocycles. The lowest BCUT2D eigenvalue weighted by Gasteiger charge is -2.48. The molecular formula is C99H95Cl4F4N13O11. The molecule has 3 fully saturated rings. The highest BCUT2D eigenvalue weighted by Gasteiger charge is 2.46. The van der Waals surface area contributed by atoms with E-state index in [9.17, 15) is 44.1 Å². The topological polar surface area (TPSA) is 267 Å². The zero-order chi connectivity index (χ0) is 94.0. The number of carbonyl (C=O) groups is 3. The first-order valence-corrected chi connectivity index (χ1v) is 44.6. The summed E-state index contributed by atoms with van der Waals surface area (Å²) in [5.74, 6) is -5.60. The lowest BCUT2D eigenvalue weighted by Crippen LogP contribution is -2.62. The van der Waals surface area contributed by atoms with E-state index in [2.05, 4.69) is 39.6 Å². The molecule has 12 aromatic rings. The summed E-state index contributed by atoms with van der Waals surface area (Å²) in [6.07, 6.45) is 9.60. The van der Waals surface area contributed by atoms with Gasteiger partial charge in [0.1, 0.15) is 35.5 Å². The second-order valence-electron chi connectivity index (χ2n) is 34.8. The van der Waals surface area contributed by atoms with Crippen molar-refractivity contribution in [2.45, 2.75) is 150 Å². The number of anilines is 3. The molecule has 18 rings (SSSR count). The summed E-state index contributed by atoms with van der Waals surface area (Å²) >= 11 is 26.2. The fourth-order valence-corrected chi connectivity index (χ4v) is 20.4. The number of benzene rings is 5. The van der Waals surface area contributed by atoms with Gasteiger partial charge in [-0.3, -0.25) is 57.4 Å². The third-order valence-corrected chi connectivity index (χ3v) is 26.8. The summed E-state index contributed by atoms with van der Waals surface area (Å²) in [5.41, 5.74) is 4.66. The predicted molar refractivity (Wildman–Crippen MR) is 504 cm³/mol. The van der Waals surface area contributed by atoms with E-state index in [-0.39, 0.29) is 178 Å². The highest BCUT2D eigenvalue weighted by Crippen LogP contribution is 2.52. The molecule has 3 N–H and O–H groups in total. The summed E-state index contributed by atoms with van der Waals surface area (Å²) in [4.78, 5) is 112. The largest absolute Gasteiger partial charge is 0.507 e. The van der Waals surface area contributed by atoms with Crippen LogP contribution >= 0.6 is 46.4 Å². The zero-order valence-electron chi connectivity index (χ0n) is 74.0. The van der Waals surface area contributed by atoms with E-state index in [4.69, 9.17) is 60.9 Å². The number of aryl methyl sites for hydroxylation is 3. The first-order valence-electron chi connectivity index (χ1n) is 43.1. The van der Waals surface area contributed by atoms with Crippen LogP contribution in [0.25, 0.3) is 83.4 Å². The normalized spacial score (nSPS) is 17.9. The van der Waals surface area contributed by atoms with E-state index in [1.54, 1.807) is 75.1 Å². The molecule has 0 saturated carbocycles. The van der Waals surface area contributed by atoms with Gasteiger partial charge in [-0.2, -0.15) is 0 Å².